The molecule has 160 valence electrons. The summed E-state index contributed by atoms with van der Waals surface area (Å²) < 4.78 is 46.1. The van der Waals surface area contributed by atoms with E-state index in [-0.39, 0.29) is 11.8 Å². The number of hydrogen-bond donors (Lipinski definition) is 3. The fourth-order valence-electron chi connectivity index (χ4n) is 2.50. The molecule has 0 bridgehead atoms. The first-order valence-electron chi connectivity index (χ1n) is 8.34. The Kier molecular flexibility index (Phi) is 6.59. The molecule has 12 heteroatoms. The van der Waals surface area contributed by atoms with Gasteiger partial charge in [0.1, 0.15) is 11.6 Å². The third kappa shape index (κ3) is 5.01. The van der Waals surface area contributed by atoms with Crippen LogP contribution in [0, 0.1) is 5.82 Å². The van der Waals surface area contributed by atoms with E-state index in [1.165, 1.54) is 6.07 Å². The molecule has 0 saturated heterocycles. The molecule has 0 unspecified atom stereocenters. The average Bonchev–Trinajstić information content (AvgIpc) is 2.66. The maximum Gasteiger partial charge on any atom is 0.490 e. The van der Waals surface area contributed by atoms with Crippen LogP contribution in [-0.2, 0) is 4.79 Å². The number of carboxylic acids is 1. The van der Waals surface area contributed by atoms with E-state index in [1.54, 1.807) is 19.2 Å². The Morgan fingerprint density at radius 3 is 2.30 bits per heavy atom. The fraction of sp³-hybridized carbons (Fsp3) is 0.222. The van der Waals surface area contributed by atoms with Gasteiger partial charge in [-0.2, -0.15) is 23.1 Å². The lowest BCUT2D eigenvalue weighted by atomic mass is 10.1. The first-order chi connectivity index (χ1) is 14.0. The number of nitrogen functional groups attached to an aromatic ring is 1. The molecule has 0 aliphatic carbocycles. The quantitative estimate of drug-likeness (QED) is 0.547. The number of nitrogens with zero attached hydrogens (tertiary/aromatic N) is 4. The van der Waals surface area contributed by atoms with E-state index in [9.17, 15) is 17.6 Å². The maximum absolute atomic E-state index is 14.4. The second-order valence-electron chi connectivity index (χ2n) is 6.08. The molecule has 3 aromatic rings. The number of aromatic nitrogens is 3. The molecule has 0 amide bonds. The zero-order valence-corrected chi connectivity index (χ0v) is 16.1. The Bertz CT molecular complexity index is 1070. The van der Waals surface area contributed by atoms with Crippen LogP contribution in [0.1, 0.15) is 0 Å². The predicted octanol–water partition coefficient (Wildman–Crippen LogP) is 3.15. The van der Waals surface area contributed by atoms with Gasteiger partial charge in [0.2, 0.25) is 5.95 Å². The van der Waals surface area contributed by atoms with E-state index in [4.69, 9.17) is 15.6 Å². The number of aliphatic carboxylic acids is 1. The molecule has 0 saturated carbocycles. The summed E-state index contributed by atoms with van der Waals surface area (Å²) >= 11 is 0. The number of carboxylic acid groups (broad SMARTS) is 1. The van der Waals surface area contributed by atoms with Crippen LogP contribution < -0.4 is 16.0 Å². The number of anilines is 3. The molecule has 0 atom stereocenters. The van der Waals surface area contributed by atoms with E-state index >= 15 is 0 Å². The normalized spacial score (nSPS) is 10.9. The second kappa shape index (κ2) is 8.76. The van der Waals surface area contributed by atoms with Gasteiger partial charge in [0.25, 0.3) is 0 Å². The standard InChI is InChI=1S/C16H17FN6.C2HF3O2/c1-19-14-9-7-8-11(20-15(9)22-16(18)21-14)13-10(17)5-4-6-12(13)23(2)3;3-2(4,5)1(6)7/h4-8H,1-3H3,(H3,18,19,20,21,22);(H,6,7). The Hall–Kier alpha value is -3.70. The molecular formula is C18H18F4N6O2. The largest absolute Gasteiger partial charge is 0.490 e. The summed E-state index contributed by atoms with van der Waals surface area (Å²) in [7, 11) is 5.47. The number of fused-ring (bicyclic) bond motifs is 1. The van der Waals surface area contributed by atoms with Crippen molar-refractivity contribution < 1.29 is 27.5 Å². The lowest BCUT2D eigenvalue weighted by molar-refractivity contribution is -0.192. The molecule has 0 aliphatic heterocycles. The molecule has 0 radical (unpaired) electrons. The highest BCUT2D eigenvalue weighted by Gasteiger charge is 2.38. The molecular weight excluding hydrogens is 408 g/mol. The number of alkyl halides is 3. The molecule has 1 aromatic carbocycles. The minimum absolute atomic E-state index is 0.118. The van der Waals surface area contributed by atoms with E-state index in [0.29, 0.717) is 22.7 Å². The van der Waals surface area contributed by atoms with Gasteiger partial charge < -0.3 is 21.1 Å². The maximum atomic E-state index is 14.4. The number of nitrogens with two attached hydrogens (primary N) is 1. The number of halogens is 4. The molecule has 4 N–H and O–H groups in total. The van der Waals surface area contributed by atoms with Gasteiger partial charge in [-0.15, -0.1) is 0 Å². The van der Waals surface area contributed by atoms with Crippen molar-refractivity contribution in [2.24, 2.45) is 0 Å². The Morgan fingerprint density at radius 2 is 1.77 bits per heavy atom. The zero-order chi connectivity index (χ0) is 22.6. The van der Waals surface area contributed by atoms with Gasteiger partial charge in [0.05, 0.1) is 16.6 Å². The third-order valence-corrected chi connectivity index (χ3v) is 3.79. The summed E-state index contributed by atoms with van der Waals surface area (Å²) in [6.45, 7) is 0. The van der Waals surface area contributed by atoms with Crippen molar-refractivity contribution in [2.45, 2.75) is 6.18 Å². The van der Waals surface area contributed by atoms with Crippen LogP contribution in [0.3, 0.4) is 0 Å². The van der Waals surface area contributed by atoms with Crippen molar-refractivity contribution in [2.75, 3.05) is 37.1 Å². The minimum atomic E-state index is -5.08. The molecule has 30 heavy (non-hydrogen) atoms. The van der Waals surface area contributed by atoms with Crippen LogP contribution >= 0.6 is 0 Å². The summed E-state index contributed by atoms with van der Waals surface area (Å²) in [4.78, 5) is 23.5. The summed E-state index contributed by atoms with van der Waals surface area (Å²) in [6, 6.07) is 8.51. The van der Waals surface area contributed by atoms with Crippen molar-refractivity contribution in [3.63, 3.8) is 0 Å². The van der Waals surface area contributed by atoms with Crippen LogP contribution in [0.2, 0.25) is 0 Å². The van der Waals surface area contributed by atoms with Gasteiger partial charge in [-0.05, 0) is 24.3 Å². The van der Waals surface area contributed by atoms with Crippen LogP contribution in [0.5, 0.6) is 0 Å². The summed E-state index contributed by atoms with van der Waals surface area (Å²) in [5.41, 5.74) is 7.81. The summed E-state index contributed by atoms with van der Waals surface area (Å²) in [5, 5.41) is 10.8. The van der Waals surface area contributed by atoms with E-state index < -0.39 is 12.1 Å². The Labute approximate surface area is 168 Å². The zero-order valence-electron chi connectivity index (χ0n) is 16.1. The predicted molar refractivity (Wildman–Crippen MR) is 105 cm³/mol. The Balaban J connectivity index is 0.000000396. The highest BCUT2D eigenvalue weighted by Crippen LogP contribution is 2.32. The number of rotatable bonds is 3. The van der Waals surface area contributed by atoms with Gasteiger partial charge in [0, 0.05) is 26.8 Å². The monoisotopic (exact) mass is 426 g/mol. The molecule has 3 rings (SSSR count). The third-order valence-electron chi connectivity index (χ3n) is 3.79. The smallest absolute Gasteiger partial charge is 0.475 e. The average molecular weight is 426 g/mol. The number of pyridine rings is 1. The van der Waals surface area contributed by atoms with E-state index in [0.717, 1.165) is 11.1 Å². The van der Waals surface area contributed by atoms with Gasteiger partial charge >= 0.3 is 12.1 Å². The first kappa shape index (κ1) is 22.6. The minimum Gasteiger partial charge on any atom is -0.475 e. The molecule has 8 nitrogen and oxygen atoms in total. The molecule has 2 aromatic heterocycles. The number of benzene rings is 1. The molecule has 0 spiro atoms. The van der Waals surface area contributed by atoms with Crippen molar-refractivity contribution in [3.05, 3.63) is 36.1 Å². The lowest BCUT2D eigenvalue weighted by Gasteiger charge is -2.18. The van der Waals surface area contributed by atoms with Crippen LogP contribution in [-0.4, -0.2) is 53.3 Å². The van der Waals surface area contributed by atoms with Crippen molar-refractivity contribution in [1.29, 1.82) is 0 Å². The number of carbonyl (C=O) groups is 1. The van der Waals surface area contributed by atoms with Crippen LogP contribution in [0.15, 0.2) is 30.3 Å². The molecule has 2 heterocycles. The molecule has 0 aliphatic rings. The van der Waals surface area contributed by atoms with Gasteiger partial charge in [-0.25, -0.2) is 14.2 Å². The first-order valence-corrected chi connectivity index (χ1v) is 8.34. The number of hydrogen-bond acceptors (Lipinski definition) is 7. The lowest BCUT2D eigenvalue weighted by Crippen LogP contribution is -2.21. The highest BCUT2D eigenvalue weighted by atomic mass is 19.4. The van der Waals surface area contributed by atoms with E-state index in [1.807, 2.05) is 31.1 Å². The van der Waals surface area contributed by atoms with Crippen molar-refractivity contribution in [1.82, 2.24) is 15.0 Å². The highest BCUT2D eigenvalue weighted by molar-refractivity contribution is 5.90. The summed E-state index contributed by atoms with van der Waals surface area (Å²) in [6.07, 6.45) is -5.08. The van der Waals surface area contributed by atoms with Gasteiger partial charge in [0.15, 0.2) is 5.65 Å². The van der Waals surface area contributed by atoms with Gasteiger partial charge in [-0.3, -0.25) is 0 Å². The van der Waals surface area contributed by atoms with Crippen molar-refractivity contribution in [3.8, 4) is 11.3 Å². The summed E-state index contributed by atoms with van der Waals surface area (Å²) in [5.74, 6) is -2.38. The van der Waals surface area contributed by atoms with Gasteiger partial charge in [-0.1, -0.05) is 6.07 Å². The van der Waals surface area contributed by atoms with Crippen molar-refractivity contribution >= 4 is 34.5 Å². The van der Waals surface area contributed by atoms with Crippen LogP contribution in [0.4, 0.5) is 35.0 Å². The Morgan fingerprint density at radius 1 is 1.13 bits per heavy atom. The SMILES string of the molecule is CNc1nc(N)nc2nc(-c3c(F)cccc3N(C)C)ccc12.O=C(O)C(F)(F)F. The van der Waals surface area contributed by atoms with E-state index in [2.05, 4.69) is 20.3 Å². The second-order valence-corrected chi connectivity index (χ2v) is 6.08. The topological polar surface area (TPSA) is 117 Å². The number of nitrogens with one attached hydrogen (secondary N) is 1. The molecule has 0 fully saturated rings. The fourth-order valence-corrected chi connectivity index (χ4v) is 2.50. The van der Waals surface area contributed by atoms with Crippen LogP contribution in [0.25, 0.3) is 22.3 Å².